The van der Waals surface area contributed by atoms with E-state index in [9.17, 15) is 5.11 Å². The Morgan fingerprint density at radius 2 is 2.46 bits per heavy atom. The van der Waals surface area contributed by atoms with Gasteiger partial charge in [0.25, 0.3) is 0 Å². The zero-order chi connectivity index (χ0) is 9.31. The maximum Gasteiger partial charge on any atom is 0.105 e. The highest BCUT2D eigenvalue weighted by molar-refractivity contribution is 4.94. The molecule has 1 aromatic rings. The molecule has 4 nitrogen and oxygen atoms in total. The van der Waals surface area contributed by atoms with Crippen LogP contribution in [0, 0.1) is 12.3 Å². The van der Waals surface area contributed by atoms with Gasteiger partial charge in [0.15, 0.2) is 0 Å². The lowest BCUT2D eigenvalue weighted by Gasteiger charge is -2.40. The van der Waals surface area contributed by atoms with E-state index < -0.39 is 0 Å². The van der Waals surface area contributed by atoms with Crippen LogP contribution in [0.15, 0.2) is 12.4 Å². The summed E-state index contributed by atoms with van der Waals surface area (Å²) in [7, 11) is 0. The maximum absolute atomic E-state index is 9.21. The van der Waals surface area contributed by atoms with Crippen molar-refractivity contribution in [2.45, 2.75) is 13.5 Å². The zero-order valence-electron chi connectivity index (χ0n) is 7.73. The van der Waals surface area contributed by atoms with Gasteiger partial charge < -0.3 is 14.4 Å². The first-order valence-corrected chi connectivity index (χ1v) is 4.42. The summed E-state index contributed by atoms with van der Waals surface area (Å²) < 4.78 is 7.18. The van der Waals surface area contributed by atoms with Crippen LogP contribution in [-0.4, -0.2) is 34.5 Å². The molecule has 72 valence electrons. The molecule has 0 aliphatic carbocycles. The molecule has 2 rings (SSSR count). The number of ether oxygens (including phenoxy) is 1. The summed E-state index contributed by atoms with van der Waals surface area (Å²) in [5.41, 5.74) is -0.0640. The standard InChI is InChI=1S/C9H14N2O2/c1-8-10-2-3-11(8)4-9(5-12)6-13-7-9/h2-3,12H,4-7H2,1H3. The number of hydrogen-bond acceptors (Lipinski definition) is 3. The highest BCUT2D eigenvalue weighted by Gasteiger charge is 2.38. The van der Waals surface area contributed by atoms with Crippen LogP contribution in [0.1, 0.15) is 5.82 Å². The van der Waals surface area contributed by atoms with Crippen LogP contribution in [0.25, 0.3) is 0 Å². The second-order valence-electron chi connectivity index (χ2n) is 3.75. The molecule has 1 aromatic heterocycles. The SMILES string of the molecule is Cc1nccn1CC1(CO)COC1. The minimum absolute atomic E-state index is 0.0640. The van der Waals surface area contributed by atoms with Crippen LogP contribution in [-0.2, 0) is 11.3 Å². The van der Waals surface area contributed by atoms with E-state index in [1.165, 1.54) is 0 Å². The van der Waals surface area contributed by atoms with Gasteiger partial charge in [-0.1, -0.05) is 0 Å². The van der Waals surface area contributed by atoms with E-state index in [4.69, 9.17) is 4.74 Å². The predicted octanol–water partition coefficient (Wildman–Crippen LogP) is 0.200. The summed E-state index contributed by atoms with van der Waals surface area (Å²) in [5, 5.41) is 9.21. The van der Waals surface area contributed by atoms with E-state index in [-0.39, 0.29) is 12.0 Å². The molecule has 13 heavy (non-hydrogen) atoms. The maximum atomic E-state index is 9.21. The Morgan fingerprint density at radius 3 is 2.85 bits per heavy atom. The number of hydrogen-bond donors (Lipinski definition) is 1. The highest BCUT2D eigenvalue weighted by Crippen LogP contribution is 2.29. The molecule has 2 heterocycles. The molecule has 1 N–H and O–H groups in total. The average Bonchev–Trinajstić information content (AvgIpc) is 2.44. The molecule has 4 heteroatoms. The second-order valence-corrected chi connectivity index (χ2v) is 3.75. The monoisotopic (exact) mass is 182 g/mol. The minimum atomic E-state index is -0.0640. The summed E-state index contributed by atoms with van der Waals surface area (Å²) in [4.78, 5) is 4.13. The van der Waals surface area contributed by atoms with Crippen molar-refractivity contribution in [3.8, 4) is 0 Å². The van der Waals surface area contributed by atoms with Gasteiger partial charge >= 0.3 is 0 Å². The van der Waals surface area contributed by atoms with Gasteiger partial charge in [-0.2, -0.15) is 0 Å². The molecule has 1 fully saturated rings. The van der Waals surface area contributed by atoms with Crippen LogP contribution >= 0.6 is 0 Å². The van der Waals surface area contributed by atoms with Crippen molar-refractivity contribution in [1.29, 1.82) is 0 Å². The number of aromatic nitrogens is 2. The van der Waals surface area contributed by atoms with Gasteiger partial charge in [0.1, 0.15) is 5.82 Å². The molecular weight excluding hydrogens is 168 g/mol. The van der Waals surface area contributed by atoms with Crippen molar-refractivity contribution in [1.82, 2.24) is 9.55 Å². The smallest absolute Gasteiger partial charge is 0.105 e. The van der Waals surface area contributed by atoms with Crippen molar-refractivity contribution in [3.63, 3.8) is 0 Å². The van der Waals surface area contributed by atoms with E-state index in [0.717, 1.165) is 12.4 Å². The number of aryl methyl sites for hydroxylation is 1. The molecule has 0 bridgehead atoms. The molecule has 0 saturated carbocycles. The van der Waals surface area contributed by atoms with Gasteiger partial charge in [0.2, 0.25) is 0 Å². The molecule has 0 unspecified atom stereocenters. The number of rotatable bonds is 3. The van der Waals surface area contributed by atoms with Gasteiger partial charge in [-0.25, -0.2) is 4.98 Å². The molecule has 1 aliphatic heterocycles. The fourth-order valence-corrected chi connectivity index (χ4v) is 1.56. The van der Waals surface area contributed by atoms with Crippen molar-refractivity contribution in [3.05, 3.63) is 18.2 Å². The van der Waals surface area contributed by atoms with E-state index in [1.807, 2.05) is 13.1 Å². The predicted molar refractivity (Wildman–Crippen MR) is 47.3 cm³/mol. The fraction of sp³-hybridized carbons (Fsp3) is 0.667. The molecule has 1 aliphatic rings. The molecule has 0 atom stereocenters. The zero-order valence-corrected chi connectivity index (χ0v) is 7.73. The molecule has 0 amide bonds. The third-order valence-corrected chi connectivity index (χ3v) is 2.58. The normalized spacial score (nSPS) is 19.8. The van der Waals surface area contributed by atoms with Crippen molar-refractivity contribution in [2.24, 2.45) is 5.41 Å². The van der Waals surface area contributed by atoms with Gasteiger partial charge in [-0.15, -0.1) is 0 Å². The van der Waals surface area contributed by atoms with E-state index >= 15 is 0 Å². The lowest BCUT2D eigenvalue weighted by molar-refractivity contribution is -0.145. The third kappa shape index (κ3) is 1.47. The van der Waals surface area contributed by atoms with Gasteiger partial charge in [-0.3, -0.25) is 0 Å². The summed E-state index contributed by atoms with van der Waals surface area (Å²) in [5.74, 6) is 0.986. The topological polar surface area (TPSA) is 47.3 Å². The van der Waals surface area contributed by atoms with Gasteiger partial charge in [-0.05, 0) is 6.92 Å². The van der Waals surface area contributed by atoms with E-state index in [0.29, 0.717) is 13.2 Å². The van der Waals surface area contributed by atoms with Crippen molar-refractivity contribution < 1.29 is 9.84 Å². The summed E-state index contributed by atoms with van der Waals surface area (Å²) >= 11 is 0. The Kier molecular flexibility index (Phi) is 2.09. The lowest BCUT2D eigenvalue weighted by atomic mass is 9.87. The molecule has 0 aromatic carbocycles. The van der Waals surface area contributed by atoms with Gasteiger partial charge in [0, 0.05) is 18.9 Å². The molecular formula is C9H14N2O2. The summed E-state index contributed by atoms with van der Waals surface area (Å²) in [6, 6.07) is 0. The first-order chi connectivity index (χ1) is 6.26. The Labute approximate surface area is 77.2 Å². The molecule has 1 saturated heterocycles. The van der Waals surface area contributed by atoms with Gasteiger partial charge in [0.05, 0.1) is 25.2 Å². The van der Waals surface area contributed by atoms with Crippen molar-refractivity contribution >= 4 is 0 Å². The lowest BCUT2D eigenvalue weighted by Crippen LogP contribution is -2.48. The van der Waals surface area contributed by atoms with Crippen molar-refractivity contribution in [2.75, 3.05) is 19.8 Å². The first kappa shape index (κ1) is 8.72. The van der Waals surface area contributed by atoms with E-state index in [1.54, 1.807) is 6.20 Å². The van der Waals surface area contributed by atoms with E-state index in [2.05, 4.69) is 9.55 Å². The number of aliphatic hydroxyl groups excluding tert-OH is 1. The number of nitrogens with zero attached hydrogens (tertiary/aromatic N) is 2. The van der Waals surface area contributed by atoms with Crippen LogP contribution in [0.2, 0.25) is 0 Å². The number of imidazole rings is 1. The quantitative estimate of drug-likeness (QED) is 0.726. The van der Waals surface area contributed by atoms with Crippen LogP contribution in [0.3, 0.4) is 0 Å². The number of aliphatic hydroxyl groups is 1. The first-order valence-electron chi connectivity index (χ1n) is 4.42. The Bertz CT molecular complexity index is 286. The van der Waals surface area contributed by atoms with Crippen LogP contribution in [0.4, 0.5) is 0 Å². The Balaban J connectivity index is 2.08. The third-order valence-electron chi connectivity index (χ3n) is 2.58. The average molecular weight is 182 g/mol. The Hall–Kier alpha value is -0.870. The summed E-state index contributed by atoms with van der Waals surface area (Å²) in [6.45, 7) is 4.26. The second kappa shape index (κ2) is 3.12. The van der Waals surface area contributed by atoms with Crippen LogP contribution in [0.5, 0.6) is 0 Å². The summed E-state index contributed by atoms with van der Waals surface area (Å²) in [6.07, 6.45) is 3.71. The Morgan fingerprint density at radius 1 is 1.69 bits per heavy atom. The molecule has 0 radical (unpaired) electrons. The van der Waals surface area contributed by atoms with Crippen LogP contribution < -0.4 is 0 Å². The fourth-order valence-electron chi connectivity index (χ4n) is 1.56. The highest BCUT2D eigenvalue weighted by atomic mass is 16.5. The largest absolute Gasteiger partial charge is 0.396 e. The minimum Gasteiger partial charge on any atom is -0.396 e. The molecule has 0 spiro atoms.